The first-order valence-corrected chi connectivity index (χ1v) is 12.2. The molecule has 250 valence electrons. The third-order valence-electron chi connectivity index (χ3n) is 6.55. The van der Waals surface area contributed by atoms with Gasteiger partial charge >= 0.3 is 39.0 Å². The summed E-state index contributed by atoms with van der Waals surface area (Å²) in [7, 11) is 0. The van der Waals surface area contributed by atoms with Gasteiger partial charge in [-0.05, 0) is 30.0 Å². The Hall–Kier alpha value is -2.13. The number of carboxylic acids is 4. The third kappa shape index (κ3) is 17.7. The summed E-state index contributed by atoms with van der Waals surface area (Å²) in [6.45, 7) is 4.49. The van der Waals surface area contributed by atoms with E-state index >= 15 is 0 Å². The van der Waals surface area contributed by atoms with E-state index in [-0.39, 0.29) is 60.6 Å². The summed E-state index contributed by atoms with van der Waals surface area (Å²) in [4.78, 5) is 41.5. The topological polar surface area (TPSA) is 338 Å². The molecule has 3 saturated heterocycles. The average Bonchev–Trinajstić information content (AvgIpc) is 2.90. The maximum Gasteiger partial charge on any atom is 2.00 e. The van der Waals surface area contributed by atoms with E-state index in [2.05, 4.69) is 21.3 Å². The van der Waals surface area contributed by atoms with Crippen molar-refractivity contribution in [2.75, 3.05) is 26.2 Å². The van der Waals surface area contributed by atoms with Gasteiger partial charge in [-0.3, -0.25) is 9.59 Å². The molecule has 4 aliphatic heterocycles. The maximum absolute atomic E-state index is 10.4. The zero-order valence-corrected chi connectivity index (χ0v) is 25.0. The second-order valence-electron chi connectivity index (χ2n) is 9.02. The Kier molecular flexibility index (Phi) is 31.2. The summed E-state index contributed by atoms with van der Waals surface area (Å²) < 4.78 is 0. The monoisotopic (exact) mass is 698 g/mol. The maximum atomic E-state index is 10.4. The van der Waals surface area contributed by atoms with E-state index in [1.165, 1.54) is 43.9 Å². The van der Waals surface area contributed by atoms with Crippen LogP contribution in [0.1, 0.15) is 44.9 Å². The molecule has 16 nitrogen and oxygen atoms in total. The van der Waals surface area contributed by atoms with Crippen LogP contribution in [-0.4, -0.2) is 83.5 Å². The molecular weight excluding hydrogens is 654 g/mol. The Morgan fingerprint density at radius 3 is 1.45 bits per heavy atom. The van der Waals surface area contributed by atoms with E-state index in [4.69, 9.17) is 15.3 Å². The first kappa shape index (κ1) is 49.5. The van der Waals surface area contributed by atoms with Crippen LogP contribution in [0.2, 0.25) is 0 Å². The SMILES string of the molecule is C1CC(C2CC[N-]CC2)CC[N-]1.O=C(O)C1CCCC(C(=O)O)[N-]1.O=C([O-])C1=CC=CC(C(=O)O)N1.[Ni+2].[Ni+2].[OH3+].[OH3+].[OH3+].[OH3+]. The van der Waals surface area contributed by atoms with Crippen molar-refractivity contribution >= 4 is 23.9 Å². The van der Waals surface area contributed by atoms with Gasteiger partial charge in [-0.1, -0.05) is 57.1 Å². The Bertz CT molecular complexity index is 802. The predicted molar refractivity (Wildman–Crippen MR) is 148 cm³/mol. The van der Waals surface area contributed by atoms with E-state index in [9.17, 15) is 24.3 Å². The molecule has 16 N–H and O–H groups in total. The summed E-state index contributed by atoms with van der Waals surface area (Å²) in [5.74, 6) is -2.62. The molecule has 0 amide bonds. The van der Waals surface area contributed by atoms with Crippen molar-refractivity contribution in [3.05, 3.63) is 39.9 Å². The molecule has 0 aliphatic carbocycles. The number of piperidine rings is 3. The summed E-state index contributed by atoms with van der Waals surface area (Å²) in [5.41, 5.74) is -0.218. The van der Waals surface area contributed by atoms with E-state index in [1.54, 1.807) is 0 Å². The molecule has 0 bridgehead atoms. The normalized spacial score (nSPS) is 22.8. The first-order valence-electron chi connectivity index (χ1n) is 12.2. The van der Waals surface area contributed by atoms with Gasteiger partial charge in [-0.2, -0.15) is 0 Å². The van der Waals surface area contributed by atoms with Crippen LogP contribution in [0.3, 0.4) is 0 Å². The fraction of sp³-hybridized carbons (Fsp3) is 0.667. The van der Waals surface area contributed by atoms with Gasteiger partial charge in [-0.25, -0.2) is 4.79 Å². The van der Waals surface area contributed by atoms with Gasteiger partial charge in [0.2, 0.25) is 0 Å². The Balaban J connectivity index is -0.000000152. The number of hydrogen-bond acceptors (Lipinski definition) is 6. The summed E-state index contributed by atoms with van der Waals surface area (Å²) in [5, 5.41) is 50.6. The Morgan fingerprint density at radius 1 is 0.714 bits per heavy atom. The van der Waals surface area contributed by atoms with Crippen LogP contribution in [0.5, 0.6) is 0 Å². The molecule has 3 fully saturated rings. The Labute approximate surface area is 264 Å². The molecule has 4 rings (SSSR count). The molecular formula is C24H46N4Ni2O12+4. The van der Waals surface area contributed by atoms with Gasteiger partial charge in [0.1, 0.15) is 6.04 Å². The number of nitrogens with one attached hydrogen (secondary N) is 1. The smallest absolute Gasteiger partial charge is 0.662 e. The van der Waals surface area contributed by atoms with E-state index in [0.29, 0.717) is 19.3 Å². The third-order valence-corrected chi connectivity index (χ3v) is 6.55. The van der Waals surface area contributed by atoms with Gasteiger partial charge in [0.05, 0.1) is 11.7 Å². The molecule has 3 unspecified atom stereocenters. The number of rotatable bonds is 5. The predicted octanol–water partition coefficient (Wildman–Crippen LogP) is -2.46. The van der Waals surface area contributed by atoms with Crippen molar-refractivity contribution in [1.82, 2.24) is 5.32 Å². The van der Waals surface area contributed by atoms with Crippen LogP contribution in [0.15, 0.2) is 23.9 Å². The van der Waals surface area contributed by atoms with Crippen molar-refractivity contribution < 1.29 is 94.5 Å². The molecule has 18 heteroatoms. The van der Waals surface area contributed by atoms with Crippen molar-refractivity contribution in [3.63, 3.8) is 0 Å². The molecule has 0 aromatic heterocycles. The second kappa shape index (κ2) is 26.5. The van der Waals surface area contributed by atoms with Gasteiger partial charge in [-0.15, -0.1) is 26.2 Å². The van der Waals surface area contributed by atoms with Gasteiger partial charge < -0.3 is 68.4 Å². The van der Waals surface area contributed by atoms with Gasteiger partial charge in [0.25, 0.3) is 11.9 Å². The summed E-state index contributed by atoms with van der Waals surface area (Å²) >= 11 is 0. The number of carbonyl (C=O) groups excluding carboxylic acids is 1. The molecule has 42 heavy (non-hydrogen) atoms. The first-order chi connectivity index (χ1) is 17.2. The zero-order valence-electron chi connectivity index (χ0n) is 23.1. The quantitative estimate of drug-likeness (QED) is 0.174. The fourth-order valence-electron chi connectivity index (χ4n) is 4.53. The molecule has 4 aliphatic rings. The molecule has 0 saturated carbocycles. The minimum Gasteiger partial charge on any atom is -0.662 e. The van der Waals surface area contributed by atoms with Crippen molar-refractivity contribution in [1.29, 1.82) is 0 Å². The van der Waals surface area contributed by atoms with Crippen LogP contribution in [-0.2, 0) is 74.1 Å². The van der Waals surface area contributed by atoms with Crippen LogP contribution in [0.4, 0.5) is 0 Å². The number of allylic oxidation sites excluding steroid dienone is 2. The minimum absolute atomic E-state index is 0. The number of carbonyl (C=O) groups is 4. The minimum atomic E-state index is -1.41. The molecule has 0 radical (unpaired) electrons. The number of carboxylic acid groups (broad SMARTS) is 4. The van der Waals surface area contributed by atoms with Gasteiger partial charge in [0, 0.05) is 0 Å². The number of hydrogen-bond donors (Lipinski definition) is 4. The standard InChI is InChI=1S/C10H18N2.C7H10NO4.C7H7NO4.2Ni.4H2O/c1-5-11-6-2-9(1)10-3-7-12-8-4-10;2*9-6(10)4-2-1-3-5(8-4)7(11)12;;;;;;/h9-10H,1-8H2;4-5H,1-3H2,(H,9,10)(H,11,12);1-4,8H,(H,9,10)(H,11,12);;;4*1H2/q-2;-1;;2*+2;;;;/p+3. The Morgan fingerprint density at radius 2 is 1.12 bits per heavy atom. The van der Waals surface area contributed by atoms with E-state index < -0.39 is 42.0 Å². The number of aliphatic carboxylic acids is 4. The summed E-state index contributed by atoms with van der Waals surface area (Å²) in [6, 6.07) is -2.62. The second-order valence-corrected chi connectivity index (χ2v) is 9.02. The van der Waals surface area contributed by atoms with Crippen LogP contribution in [0, 0.1) is 11.8 Å². The van der Waals surface area contributed by atoms with Crippen molar-refractivity contribution in [3.8, 4) is 0 Å². The van der Waals surface area contributed by atoms with Crippen LogP contribution in [0.25, 0.3) is 16.0 Å². The molecule has 0 spiro atoms. The van der Waals surface area contributed by atoms with Crippen molar-refractivity contribution in [2.24, 2.45) is 11.8 Å². The molecule has 0 aromatic rings. The molecule has 4 heterocycles. The van der Waals surface area contributed by atoms with Crippen molar-refractivity contribution in [2.45, 2.75) is 63.1 Å². The van der Waals surface area contributed by atoms with E-state index in [0.717, 1.165) is 38.0 Å². The number of nitrogens with zero attached hydrogens (tertiary/aromatic N) is 3. The average molecular weight is 700 g/mol. The molecule has 0 aromatic carbocycles. The molecule has 3 atom stereocenters. The van der Waals surface area contributed by atoms with Crippen LogP contribution >= 0.6 is 0 Å². The zero-order chi connectivity index (χ0) is 26.5. The van der Waals surface area contributed by atoms with Gasteiger partial charge in [0.15, 0.2) is 0 Å². The largest absolute Gasteiger partial charge is 2.00 e. The number of dihydropyridines is 1. The fourth-order valence-corrected chi connectivity index (χ4v) is 4.53. The van der Waals surface area contributed by atoms with Crippen LogP contribution < -0.4 is 10.4 Å². The van der Waals surface area contributed by atoms with E-state index in [1.807, 2.05) is 0 Å². The summed E-state index contributed by atoms with van der Waals surface area (Å²) in [6.07, 6.45) is 10.9.